The van der Waals surface area contributed by atoms with Crippen LogP contribution in [0, 0.1) is 0 Å². The number of pyridine rings is 1. The summed E-state index contributed by atoms with van der Waals surface area (Å²) in [5.74, 6) is 0.111. The van der Waals surface area contributed by atoms with Crippen LogP contribution in [0.3, 0.4) is 0 Å². The minimum Gasteiger partial charge on any atom is -0.376 e. The van der Waals surface area contributed by atoms with E-state index in [1.54, 1.807) is 6.07 Å². The average molecular weight is 284 g/mol. The molecule has 1 aromatic heterocycles. The number of rotatable bonds is 4. The van der Waals surface area contributed by atoms with Crippen LogP contribution in [-0.4, -0.2) is 37.2 Å². The van der Waals surface area contributed by atoms with E-state index in [0.717, 1.165) is 26.0 Å². The highest BCUT2D eigenvalue weighted by Crippen LogP contribution is 2.24. The van der Waals surface area contributed by atoms with E-state index >= 15 is 0 Å². The monoisotopic (exact) mass is 283 g/mol. The van der Waals surface area contributed by atoms with Crippen molar-refractivity contribution in [2.24, 2.45) is 5.73 Å². The molecule has 0 aliphatic carbocycles. The van der Waals surface area contributed by atoms with Gasteiger partial charge in [0.2, 0.25) is 5.91 Å². The number of amides is 1. The molecule has 1 aliphatic rings. The first-order valence-corrected chi connectivity index (χ1v) is 6.74. The Morgan fingerprint density at radius 3 is 3.00 bits per heavy atom. The molecule has 1 amide bonds. The van der Waals surface area contributed by atoms with E-state index in [1.165, 1.54) is 12.6 Å². The molecule has 0 aromatic carbocycles. The van der Waals surface area contributed by atoms with Gasteiger partial charge in [0.1, 0.15) is 5.82 Å². The van der Waals surface area contributed by atoms with Crippen LogP contribution in [0.4, 0.5) is 5.82 Å². The van der Waals surface area contributed by atoms with E-state index in [0.29, 0.717) is 16.4 Å². The van der Waals surface area contributed by atoms with Crippen LogP contribution < -0.4 is 10.6 Å². The number of anilines is 1. The van der Waals surface area contributed by atoms with Gasteiger partial charge in [-0.25, -0.2) is 4.98 Å². The van der Waals surface area contributed by atoms with Crippen molar-refractivity contribution >= 4 is 23.3 Å². The van der Waals surface area contributed by atoms with E-state index in [-0.39, 0.29) is 6.10 Å². The van der Waals surface area contributed by atoms with Crippen LogP contribution in [0.15, 0.2) is 12.3 Å². The number of likely N-dealkylation sites (N-methyl/N-ethyl adjacent to an activating group) is 1. The fourth-order valence-corrected chi connectivity index (χ4v) is 2.50. The van der Waals surface area contributed by atoms with Gasteiger partial charge in [0.05, 0.1) is 16.7 Å². The molecule has 0 radical (unpaired) electrons. The highest BCUT2D eigenvalue weighted by Gasteiger charge is 2.18. The molecule has 1 fully saturated rings. The van der Waals surface area contributed by atoms with Crippen molar-refractivity contribution in [3.05, 3.63) is 22.8 Å². The van der Waals surface area contributed by atoms with Gasteiger partial charge in [0.25, 0.3) is 0 Å². The van der Waals surface area contributed by atoms with Crippen LogP contribution >= 0.6 is 11.6 Å². The molecule has 1 saturated heterocycles. The average Bonchev–Trinajstić information content (AvgIpc) is 2.39. The maximum absolute atomic E-state index is 11.0. The zero-order valence-corrected chi connectivity index (χ0v) is 11.7. The third-order valence-corrected chi connectivity index (χ3v) is 3.50. The number of hydrogen-bond donors (Lipinski definition) is 1. The summed E-state index contributed by atoms with van der Waals surface area (Å²) in [6.45, 7) is 1.56. The van der Waals surface area contributed by atoms with Crippen LogP contribution in [0.5, 0.6) is 0 Å². The lowest BCUT2D eigenvalue weighted by molar-refractivity contribution is 0.0215. The second kappa shape index (κ2) is 6.21. The van der Waals surface area contributed by atoms with Crippen molar-refractivity contribution in [2.75, 3.05) is 25.1 Å². The second-order valence-corrected chi connectivity index (χ2v) is 5.17. The quantitative estimate of drug-likeness (QED) is 0.915. The first-order valence-electron chi connectivity index (χ1n) is 6.36. The van der Waals surface area contributed by atoms with Crippen LogP contribution in [0.25, 0.3) is 0 Å². The molecule has 0 saturated carbocycles. The van der Waals surface area contributed by atoms with Crippen molar-refractivity contribution in [3.63, 3.8) is 0 Å². The number of nitrogens with zero attached hydrogens (tertiary/aromatic N) is 2. The smallest absolute Gasteiger partial charge is 0.250 e. The van der Waals surface area contributed by atoms with Crippen molar-refractivity contribution in [3.8, 4) is 0 Å². The van der Waals surface area contributed by atoms with Gasteiger partial charge in [0, 0.05) is 26.4 Å². The van der Waals surface area contributed by atoms with Gasteiger partial charge in [-0.2, -0.15) is 0 Å². The molecular formula is C13H18ClN3O2. The third kappa shape index (κ3) is 3.58. The second-order valence-electron chi connectivity index (χ2n) is 4.76. The third-order valence-electron chi connectivity index (χ3n) is 3.22. The standard InChI is InChI=1S/C13H18ClN3O2/c1-17(8-10-4-2-3-5-19-10)13-11(14)6-9(7-16-13)12(15)18/h6-7,10H,2-5,8H2,1H3,(H2,15,18). The fourth-order valence-electron chi connectivity index (χ4n) is 2.19. The van der Waals surface area contributed by atoms with Gasteiger partial charge in [-0.15, -0.1) is 0 Å². The summed E-state index contributed by atoms with van der Waals surface area (Å²) in [6.07, 6.45) is 5.04. The van der Waals surface area contributed by atoms with Crippen LogP contribution in [0.1, 0.15) is 29.6 Å². The molecule has 6 heteroatoms. The zero-order valence-electron chi connectivity index (χ0n) is 10.9. The Labute approximate surface area is 117 Å². The molecule has 2 heterocycles. The Bertz CT molecular complexity index is 461. The minimum absolute atomic E-state index is 0.215. The lowest BCUT2D eigenvalue weighted by Gasteiger charge is -2.28. The topological polar surface area (TPSA) is 68.4 Å². The lowest BCUT2D eigenvalue weighted by Crippen LogP contribution is -2.34. The molecule has 1 unspecified atom stereocenters. The zero-order chi connectivity index (χ0) is 13.8. The van der Waals surface area contributed by atoms with Crippen LogP contribution in [0.2, 0.25) is 5.02 Å². The Hall–Kier alpha value is -1.33. The minimum atomic E-state index is -0.529. The number of ether oxygens (including phenoxy) is 1. The van der Waals surface area contributed by atoms with Crippen molar-refractivity contribution in [1.82, 2.24) is 4.98 Å². The lowest BCUT2D eigenvalue weighted by atomic mass is 10.1. The van der Waals surface area contributed by atoms with Gasteiger partial charge in [-0.3, -0.25) is 4.79 Å². The van der Waals surface area contributed by atoms with Gasteiger partial charge in [0.15, 0.2) is 0 Å². The van der Waals surface area contributed by atoms with Crippen molar-refractivity contribution in [1.29, 1.82) is 0 Å². The normalized spacial score (nSPS) is 19.2. The summed E-state index contributed by atoms with van der Waals surface area (Å²) < 4.78 is 5.69. The molecule has 2 N–H and O–H groups in total. The molecule has 5 nitrogen and oxygen atoms in total. The van der Waals surface area contributed by atoms with E-state index in [2.05, 4.69) is 4.98 Å². The molecule has 1 aliphatic heterocycles. The number of halogens is 1. The van der Waals surface area contributed by atoms with Crippen molar-refractivity contribution < 1.29 is 9.53 Å². The molecule has 0 spiro atoms. The number of carbonyl (C=O) groups is 1. The molecule has 1 aromatic rings. The number of carbonyl (C=O) groups excluding carboxylic acids is 1. The first kappa shape index (κ1) is 14.1. The van der Waals surface area contributed by atoms with E-state index < -0.39 is 5.91 Å². The van der Waals surface area contributed by atoms with Gasteiger partial charge >= 0.3 is 0 Å². The summed E-state index contributed by atoms with van der Waals surface area (Å²) in [5, 5.41) is 0.426. The Morgan fingerprint density at radius 1 is 1.63 bits per heavy atom. The Kier molecular flexibility index (Phi) is 4.61. The summed E-state index contributed by atoms with van der Waals surface area (Å²) in [4.78, 5) is 17.2. The first-order chi connectivity index (χ1) is 9.08. The van der Waals surface area contributed by atoms with E-state index in [1.807, 2.05) is 11.9 Å². The Balaban J connectivity index is 2.05. The molecule has 2 rings (SSSR count). The SMILES string of the molecule is CN(CC1CCCCO1)c1ncc(C(N)=O)cc1Cl. The van der Waals surface area contributed by atoms with Gasteiger partial charge < -0.3 is 15.4 Å². The van der Waals surface area contributed by atoms with E-state index in [4.69, 9.17) is 22.1 Å². The maximum Gasteiger partial charge on any atom is 0.250 e. The van der Waals surface area contributed by atoms with Crippen molar-refractivity contribution in [2.45, 2.75) is 25.4 Å². The predicted octanol–water partition coefficient (Wildman–Crippen LogP) is 1.84. The predicted molar refractivity (Wildman–Crippen MR) is 74.6 cm³/mol. The summed E-state index contributed by atoms with van der Waals surface area (Å²) in [6, 6.07) is 1.55. The highest BCUT2D eigenvalue weighted by molar-refractivity contribution is 6.33. The van der Waals surface area contributed by atoms with Crippen LogP contribution in [-0.2, 0) is 4.74 Å². The molecule has 19 heavy (non-hydrogen) atoms. The summed E-state index contributed by atoms with van der Waals surface area (Å²) in [5.41, 5.74) is 5.50. The van der Waals surface area contributed by atoms with E-state index in [9.17, 15) is 4.79 Å². The number of primary amides is 1. The largest absolute Gasteiger partial charge is 0.376 e. The summed E-state index contributed by atoms with van der Waals surface area (Å²) >= 11 is 6.13. The molecular weight excluding hydrogens is 266 g/mol. The molecule has 104 valence electrons. The number of hydrogen-bond acceptors (Lipinski definition) is 4. The van der Waals surface area contributed by atoms with Gasteiger partial charge in [-0.1, -0.05) is 11.6 Å². The molecule has 1 atom stereocenters. The number of aromatic nitrogens is 1. The van der Waals surface area contributed by atoms with Gasteiger partial charge in [-0.05, 0) is 25.3 Å². The summed E-state index contributed by atoms with van der Waals surface area (Å²) in [7, 11) is 1.91. The maximum atomic E-state index is 11.0. The molecule has 0 bridgehead atoms. The number of nitrogens with two attached hydrogens (primary N) is 1. The fraction of sp³-hybridized carbons (Fsp3) is 0.538. The Morgan fingerprint density at radius 2 is 2.42 bits per heavy atom. The highest BCUT2D eigenvalue weighted by atomic mass is 35.5.